The molecule has 1 N–H and O–H groups in total. The molecule has 3 aromatic rings. The zero-order valence-electron chi connectivity index (χ0n) is 17.7. The van der Waals surface area contributed by atoms with Crippen molar-refractivity contribution < 1.29 is 9.18 Å². The Labute approximate surface area is 182 Å². The second kappa shape index (κ2) is 9.35. The van der Waals surface area contributed by atoms with Crippen molar-refractivity contribution in [1.29, 1.82) is 0 Å². The van der Waals surface area contributed by atoms with Crippen molar-refractivity contribution in [3.05, 3.63) is 84.2 Å². The van der Waals surface area contributed by atoms with Gasteiger partial charge in [-0.3, -0.25) is 9.69 Å². The van der Waals surface area contributed by atoms with Gasteiger partial charge in [0.1, 0.15) is 12.1 Å². The number of carbonyl (C=O) groups is 1. The highest BCUT2D eigenvalue weighted by Gasteiger charge is 2.42. The fourth-order valence-corrected chi connectivity index (χ4v) is 4.69. The molecule has 1 aliphatic rings. The van der Waals surface area contributed by atoms with Crippen LogP contribution in [0.5, 0.6) is 0 Å². The summed E-state index contributed by atoms with van der Waals surface area (Å²) in [6.45, 7) is 2.15. The molecule has 0 unspecified atom stereocenters. The second-order valence-electron chi connectivity index (χ2n) is 8.26. The Morgan fingerprint density at radius 2 is 1.97 bits per heavy atom. The van der Waals surface area contributed by atoms with Crippen LogP contribution in [-0.4, -0.2) is 40.9 Å². The topological polar surface area (TPSA) is 58.1 Å². The summed E-state index contributed by atoms with van der Waals surface area (Å²) in [6, 6.07) is 14.8. The number of piperidine rings is 1. The molecule has 1 atom stereocenters. The van der Waals surface area contributed by atoms with Crippen molar-refractivity contribution in [3.63, 3.8) is 0 Å². The molecule has 0 spiro atoms. The third-order valence-electron chi connectivity index (χ3n) is 6.08. The van der Waals surface area contributed by atoms with Crippen LogP contribution in [0.15, 0.2) is 67.3 Å². The van der Waals surface area contributed by atoms with Crippen LogP contribution in [0, 0.1) is 11.2 Å². The molecule has 160 valence electrons. The number of amides is 1. The molecule has 2 aromatic carbocycles. The van der Waals surface area contributed by atoms with Gasteiger partial charge in [-0.2, -0.15) is 0 Å². The Kier molecular flexibility index (Phi) is 6.37. The van der Waals surface area contributed by atoms with E-state index in [2.05, 4.69) is 32.3 Å². The van der Waals surface area contributed by atoms with Crippen LogP contribution in [0.3, 0.4) is 0 Å². The standard InChI is InChI=1S/C25H27FN4O/c1-27-24(31)25(10-5-11-30(17-25)16-19-6-4-8-22(26)12-19)13-20-7-2-3-9-23(20)21-14-28-18-29-15-21/h2-4,6-9,12,14-15,18H,5,10-11,13,16-17H2,1H3,(H,27,31)/t25-/m0/s1. The Morgan fingerprint density at radius 3 is 2.74 bits per heavy atom. The van der Waals surface area contributed by atoms with Crippen LogP contribution < -0.4 is 5.32 Å². The first-order chi connectivity index (χ1) is 15.1. The van der Waals surface area contributed by atoms with Crippen LogP contribution in [0.1, 0.15) is 24.0 Å². The van der Waals surface area contributed by atoms with Crippen LogP contribution >= 0.6 is 0 Å². The highest BCUT2D eigenvalue weighted by molar-refractivity contribution is 5.83. The normalized spacial score (nSPS) is 19.2. The lowest BCUT2D eigenvalue weighted by molar-refractivity contribution is -0.134. The second-order valence-corrected chi connectivity index (χ2v) is 8.26. The summed E-state index contributed by atoms with van der Waals surface area (Å²) >= 11 is 0. The van der Waals surface area contributed by atoms with Crippen molar-refractivity contribution in [2.45, 2.75) is 25.8 Å². The number of nitrogens with one attached hydrogen (secondary N) is 1. The van der Waals surface area contributed by atoms with E-state index in [4.69, 9.17) is 0 Å². The Bertz CT molecular complexity index is 1040. The van der Waals surface area contributed by atoms with Crippen molar-refractivity contribution in [3.8, 4) is 11.1 Å². The van der Waals surface area contributed by atoms with Gasteiger partial charge in [-0.1, -0.05) is 36.4 Å². The van der Waals surface area contributed by atoms with E-state index in [1.165, 1.54) is 12.4 Å². The maximum Gasteiger partial charge on any atom is 0.227 e. The van der Waals surface area contributed by atoms with Gasteiger partial charge < -0.3 is 5.32 Å². The third-order valence-corrected chi connectivity index (χ3v) is 6.08. The molecule has 1 aromatic heterocycles. The minimum Gasteiger partial charge on any atom is -0.359 e. The van der Waals surface area contributed by atoms with Crippen LogP contribution in [0.2, 0.25) is 0 Å². The van der Waals surface area contributed by atoms with E-state index in [0.717, 1.165) is 41.6 Å². The molecule has 1 fully saturated rings. The molecular formula is C25H27FN4O. The zero-order valence-corrected chi connectivity index (χ0v) is 17.7. The molecule has 0 radical (unpaired) electrons. The van der Waals surface area contributed by atoms with Crippen LogP contribution in [0.25, 0.3) is 11.1 Å². The van der Waals surface area contributed by atoms with Gasteiger partial charge in [0.05, 0.1) is 5.41 Å². The van der Waals surface area contributed by atoms with Crippen molar-refractivity contribution in [2.75, 3.05) is 20.1 Å². The lowest BCUT2D eigenvalue weighted by Crippen LogP contribution is -2.52. The van der Waals surface area contributed by atoms with Gasteiger partial charge in [-0.15, -0.1) is 0 Å². The Morgan fingerprint density at radius 1 is 1.16 bits per heavy atom. The monoisotopic (exact) mass is 418 g/mol. The van der Waals surface area contributed by atoms with Crippen LogP contribution in [-0.2, 0) is 17.8 Å². The van der Waals surface area contributed by atoms with Gasteiger partial charge in [0.2, 0.25) is 5.91 Å². The van der Waals surface area contributed by atoms with Crippen LogP contribution in [0.4, 0.5) is 4.39 Å². The number of hydrogen-bond acceptors (Lipinski definition) is 4. The average Bonchev–Trinajstić information content (AvgIpc) is 2.80. The first kappa shape index (κ1) is 21.1. The van der Waals surface area contributed by atoms with E-state index < -0.39 is 5.41 Å². The van der Waals surface area contributed by atoms with Gasteiger partial charge >= 0.3 is 0 Å². The predicted octanol–water partition coefficient (Wildman–Crippen LogP) is 3.85. The highest BCUT2D eigenvalue weighted by atomic mass is 19.1. The number of hydrogen-bond donors (Lipinski definition) is 1. The predicted molar refractivity (Wildman–Crippen MR) is 119 cm³/mol. The number of rotatable bonds is 6. The summed E-state index contributed by atoms with van der Waals surface area (Å²) in [4.78, 5) is 23.7. The number of likely N-dealkylation sites (tertiary alicyclic amines) is 1. The van der Waals surface area contributed by atoms with Gasteiger partial charge in [-0.25, -0.2) is 14.4 Å². The van der Waals surface area contributed by atoms with E-state index in [0.29, 0.717) is 19.5 Å². The lowest BCUT2D eigenvalue weighted by atomic mass is 9.73. The molecule has 6 heteroatoms. The largest absolute Gasteiger partial charge is 0.359 e. The number of aromatic nitrogens is 2. The fraction of sp³-hybridized carbons (Fsp3) is 0.320. The third kappa shape index (κ3) is 4.80. The average molecular weight is 419 g/mol. The summed E-state index contributed by atoms with van der Waals surface area (Å²) in [5.41, 5.74) is 3.47. The van der Waals surface area contributed by atoms with E-state index in [1.807, 2.05) is 18.2 Å². The molecule has 5 nitrogen and oxygen atoms in total. The summed E-state index contributed by atoms with van der Waals surface area (Å²) < 4.78 is 13.7. The van der Waals surface area contributed by atoms with Gasteiger partial charge in [0.25, 0.3) is 0 Å². The minimum absolute atomic E-state index is 0.0514. The highest BCUT2D eigenvalue weighted by Crippen LogP contribution is 2.37. The van der Waals surface area contributed by atoms with Gasteiger partial charge in [0, 0.05) is 38.1 Å². The Balaban J connectivity index is 1.63. The van der Waals surface area contributed by atoms with E-state index >= 15 is 0 Å². The quantitative estimate of drug-likeness (QED) is 0.661. The molecule has 1 saturated heterocycles. The smallest absolute Gasteiger partial charge is 0.227 e. The molecule has 2 heterocycles. The Hall–Kier alpha value is -3.12. The van der Waals surface area contributed by atoms with Crippen molar-refractivity contribution >= 4 is 5.91 Å². The lowest BCUT2D eigenvalue weighted by Gasteiger charge is -2.42. The number of benzene rings is 2. The number of halogens is 1. The first-order valence-electron chi connectivity index (χ1n) is 10.6. The summed E-state index contributed by atoms with van der Waals surface area (Å²) in [7, 11) is 1.70. The maximum absolute atomic E-state index is 13.7. The van der Waals surface area contributed by atoms with Gasteiger partial charge in [0.15, 0.2) is 0 Å². The van der Waals surface area contributed by atoms with E-state index in [-0.39, 0.29) is 11.7 Å². The number of carbonyl (C=O) groups excluding carboxylic acids is 1. The molecule has 31 heavy (non-hydrogen) atoms. The minimum atomic E-state index is -0.550. The van der Waals surface area contributed by atoms with Crippen molar-refractivity contribution in [1.82, 2.24) is 20.2 Å². The van der Waals surface area contributed by atoms with Crippen molar-refractivity contribution in [2.24, 2.45) is 5.41 Å². The molecule has 4 rings (SSSR count). The molecule has 0 bridgehead atoms. The first-order valence-corrected chi connectivity index (χ1v) is 10.6. The summed E-state index contributed by atoms with van der Waals surface area (Å²) in [5, 5.41) is 2.90. The molecule has 1 amide bonds. The molecule has 1 aliphatic heterocycles. The van der Waals surface area contributed by atoms with E-state index in [1.54, 1.807) is 31.6 Å². The summed E-state index contributed by atoms with van der Waals surface area (Å²) in [5.74, 6) is -0.179. The van der Waals surface area contributed by atoms with E-state index in [9.17, 15) is 9.18 Å². The summed E-state index contributed by atoms with van der Waals surface area (Å²) in [6.07, 6.45) is 7.47. The fourth-order valence-electron chi connectivity index (χ4n) is 4.69. The SMILES string of the molecule is CNC(=O)[C@]1(Cc2ccccc2-c2cncnc2)CCCN(Cc2cccc(F)c2)C1. The van der Waals surface area contributed by atoms with Gasteiger partial charge in [-0.05, 0) is 54.6 Å². The molecule has 0 saturated carbocycles. The maximum atomic E-state index is 13.7. The molecule has 0 aliphatic carbocycles. The zero-order chi connectivity index (χ0) is 21.7. The molecular weight excluding hydrogens is 391 g/mol. The number of nitrogens with zero attached hydrogens (tertiary/aromatic N) is 3.